The van der Waals surface area contributed by atoms with E-state index in [-0.39, 0.29) is 10.7 Å². The van der Waals surface area contributed by atoms with E-state index in [1.807, 2.05) is 42.7 Å². The van der Waals surface area contributed by atoms with E-state index in [2.05, 4.69) is 11.1 Å². The standard InChI is InChI=1S/C21H19ClN4O2/c1-12-17(10-23)19(14-4-6-15(24)7-5-14)13(2)26(12)11-16-8-9-18(22)20(25-16)21(27)28-3/h4-9H,11,24H2,1-3H3. The summed E-state index contributed by atoms with van der Waals surface area (Å²) in [6, 6.07) is 13.1. The zero-order valence-electron chi connectivity index (χ0n) is 15.8. The number of anilines is 1. The number of aromatic nitrogens is 2. The molecule has 28 heavy (non-hydrogen) atoms. The first-order valence-corrected chi connectivity index (χ1v) is 8.94. The number of nitrogens with two attached hydrogens (primary N) is 1. The summed E-state index contributed by atoms with van der Waals surface area (Å²) in [6.45, 7) is 4.24. The molecule has 0 radical (unpaired) electrons. The number of methoxy groups -OCH3 is 1. The van der Waals surface area contributed by atoms with Crippen LogP contribution in [-0.2, 0) is 11.3 Å². The zero-order chi connectivity index (χ0) is 20.4. The van der Waals surface area contributed by atoms with Gasteiger partial charge >= 0.3 is 5.97 Å². The maximum atomic E-state index is 11.9. The van der Waals surface area contributed by atoms with Crippen LogP contribution in [0.3, 0.4) is 0 Å². The molecule has 6 nitrogen and oxygen atoms in total. The molecule has 0 aliphatic rings. The van der Waals surface area contributed by atoms with Crippen molar-refractivity contribution in [3.05, 3.63) is 69.8 Å². The largest absolute Gasteiger partial charge is 0.464 e. The van der Waals surface area contributed by atoms with Crippen molar-refractivity contribution in [2.75, 3.05) is 12.8 Å². The highest BCUT2D eigenvalue weighted by atomic mass is 35.5. The molecule has 1 aromatic carbocycles. The Morgan fingerprint density at radius 1 is 1.21 bits per heavy atom. The third kappa shape index (κ3) is 3.45. The minimum atomic E-state index is -0.590. The smallest absolute Gasteiger partial charge is 0.358 e. The Labute approximate surface area is 168 Å². The number of rotatable bonds is 4. The Bertz CT molecular complexity index is 1100. The average molecular weight is 395 g/mol. The van der Waals surface area contributed by atoms with Crippen molar-refractivity contribution < 1.29 is 9.53 Å². The summed E-state index contributed by atoms with van der Waals surface area (Å²) >= 11 is 6.06. The van der Waals surface area contributed by atoms with Crippen molar-refractivity contribution in [1.29, 1.82) is 5.26 Å². The second-order valence-corrected chi connectivity index (χ2v) is 6.77. The second-order valence-electron chi connectivity index (χ2n) is 6.37. The molecule has 0 spiro atoms. The highest BCUT2D eigenvalue weighted by molar-refractivity contribution is 6.33. The number of carbonyl (C=O) groups is 1. The third-order valence-electron chi connectivity index (χ3n) is 4.70. The number of carbonyl (C=O) groups excluding carboxylic acids is 1. The fourth-order valence-electron chi connectivity index (χ4n) is 3.23. The van der Waals surface area contributed by atoms with E-state index in [0.717, 1.165) is 22.5 Å². The lowest BCUT2D eigenvalue weighted by atomic mass is 10.0. The topological polar surface area (TPSA) is 93.9 Å². The van der Waals surface area contributed by atoms with Crippen LogP contribution >= 0.6 is 11.6 Å². The third-order valence-corrected chi connectivity index (χ3v) is 5.00. The van der Waals surface area contributed by atoms with E-state index in [4.69, 9.17) is 22.1 Å². The van der Waals surface area contributed by atoms with Crippen LogP contribution in [0, 0.1) is 25.2 Å². The number of hydrogen-bond acceptors (Lipinski definition) is 5. The van der Waals surface area contributed by atoms with Crippen LogP contribution in [-0.4, -0.2) is 22.6 Å². The van der Waals surface area contributed by atoms with Crippen molar-refractivity contribution in [3.63, 3.8) is 0 Å². The Morgan fingerprint density at radius 3 is 2.50 bits per heavy atom. The van der Waals surface area contributed by atoms with Gasteiger partial charge in [-0.2, -0.15) is 5.26 Å². The van der Waals surface area contributed by atoms with E-state index in [9.17, 15) is 10.1 Å². The minimum Gasteiger partial charge on any atom is -0.464 e. The Balaban J connectivity index is 2.08. The van der Waals surface area contributed by atoms with Gasteiger partial charge in [0, 0.05) is 22.6 Å². The van der Waals surface area contributed by atoms with Gasteiger partial charge in [-0.25, -0.2) is 9.78 Å². The molecule has 7 heteroatoms. The van der Waals surface area contributed by atoms with Gasteiger partial charge in [-0.05, 0) is 43.7 Å². The predicted molar refractivity (Wildman–Crippen MR) is 108 cm³/mol. The van der Waals surface area contributed by atoms with E-state index in [0.29, 0.717) is 23.5 Å². The molecular formula is C21H19ClN4O2. The molecule has 0 saturated carbocycles. The molecule has 3 rings (SSSR count). The van der Waals surface area contributed by atoms with E-state index < -0.39 is 5.97 Å². The quantitative estimate of drug-likeness (QED) is 0.530. The molecule has 0 amide bonds. The Kier molecular flexibility index (Phi) is 5.39. The maximum absolute atomic E-state index is 11.9. The lowest BCUT2D eigenvalue weighted by Crippen LogP contribution is -2.10. The number of nitrogen functional groups attached to an aromatic ring is 1. The molecule has 2 N–H and O–H groups in total. The predicted octanol–water partition coefficient (Wildman–Crippen LogP) is 4.11. The van der Waals surface area contributed by atoms with Gasteiger partial charge < -0.3 is 15.0 Å². The summed E-state index contributed by atoms with van der Waals surface area (Å²) in [4.78, 5) is 16.2. The molecule has 0 bridgehead atoms. The molecular weight excluding hydrogens is 376 g/mol. The number of nitrogens with zero attached hydrogens (tertiary/aromatic N) is 3. The summed E-state index contributed by atoms with van der Waals surface area (Å²) in [7, 11) is 1.28. The number of nitriles is 1. The number of ether oxygens (including phenoxy) is 1. The van der Waals surface area contributed by atoms with Gasteiger partial charge in [0.05, 0.1) is 29.9 Å². The average Bonchev–Trinajstić information content (AvgIpc) is 2.93. The van der Waals surface area contributed by atoms with Crippen LogP contribution in [0.2, 0.25) is 5.02 Å². The summed E-state index contributed by atoms with van der Waals surface area (Å²) in [6.07, 6.45) is 0. The van der Waals surface area contributed by atoms with Gasteiger partial charge in [-0.15, -0.1) is 0 Å². The Hall–Kier alpha value is -3.30. The SMILES string of the molecule is COC(=O)c1nc(Cn2c(C)c(C#N)c(-c3ccc(N)cc3)c2C)ccc1Cl. The molecule has 0 unspecified atom stereocenters. The summed E-state index contributed by atoms with van der Waals surface area (Å²) in [5.41, 5.74) is 11.3. The first kappa shape index (κ1) is 19.5. The van der Waals surface area contributed by atoms with Gasteiger partial charge in [-0.1, -0.05) is 23.7 Å². The van der Waals surface area contributed by atoms with Gasteiger partial charge in [0.15, 0.2) is 5.69 Å². The fraction of sp³-hybridized carbons (Fsp3) is 0.190. The molecule has 0 aliphatic carbocycles. The first-order valence-electron chi connectivity index (χ1n) is 8.56. The van der Waals surface area contributed by atoms with Gasteiger partial charge in [0.1, 0.15) is 6.07 Å². The highest BCUT2D eigenvalue weighted by Gasteiger charge is 2.20. The van der Waals surface area contributed by atoms with Crippen LogP contribution in [0.15, 0.2) is 36.4 Å². The molecule has 0 fully saturated rings. The molecule has 0 atom stereocenters. The maximum Gasteiger partial charge on any atom is 0.358 e. The van der Waals surface area contributed by atoms with E-state index >= 15 is 0 Å². The van der Waals surface area contributed by atoms with E-state index in [1.165, 1.54) is 7.11 Å². The lowest BCUT2D eigenvalue weighted by Gasteiger charge is -2.11. The van der Waals surface area contributed by atoms with Gasteiger partial charge in [0.2, 0.25) is 0 Å². The van der Waals surface area contributed by atoms with Gasteiger partial charge in [-0.3, -0.25) is 0 Å². The molecule has 142 valence electrons. The fourth-order valence-corrected chi connectivity index (χ4v) is 3.42. The summed E-state index contributed by atoms with van der Waals surface area (Å²) in [5, 5.41) is 9.96. The number of esters is 1. The zero-order valence-corrected chi connectivity index (χ0v) is 16.5. The van der Waals surface area contributed by atoms with Crippen molar-refractivity contribution in [1.82, 2.24) is 9.55 Å². The normalized spacial score (nSPS) is 10.5. The van der Waals surface area contributed by atoms with Crippen molar-refractivity contribution in [2.24, 2.45) is 0 Å². The molecule has 2 aromatic heterocycles. The van der Waals surface area contributed by atoms with Crippen molar-refractivity contribution in [3.8, 4) is 17.2 Å². The van der Waals surface area contributed by atoms with Crippen LogP contribution in [0.5, 0.6) is 0 Å². The minimum absolute atomic E-state index is 0.0726. The van der Waals surface area contributed by atoms with Crippen LogP contribution in [0.1, 0.15) is 33.1 Å². The number of hydrogen-bond donors (Lipinski definition) is 1. The number of benzene rings is 1. The first-order chi connectivity index (χ1) is 13.4. The molecule has 0 saturated heterocycles. The monoisotopic (exact) mass is 394 g/mol. The van der Waals surface area contributed by atoms with Crippen molar-refractivity contribution in [2.45, 2.75) is 20.4 Å². The van der Waals surface area contributed by atoms with Crippen molar-refractivity contribution >= 4 is 23.3 Å². The van der Waals surface area contributed by atoms with E-state index in [1.54, 1.807) is 12.1 Å². The number of halogens is 1. The van der Waals surface area contributed by atoms with Crippen LogP contribution in [0.4, 0.5) is 5.69 Å². The molecule has 2 heterocycles. The Morgan fingerprint density at radius 2 is 1.89 bits per heavy atom. The summed E-state index contributed by atoms with van der Waals surface area (Å²) < 4.78 is 6.73. The second kappa shape index (κ2) is 7.75. The lowest BCUT2D eigenvalue weighted by molar-refractivity contribution is 0.0594. The summed E-state index contributed by atoms with van der Waals surface area (Å²) in [5.74, 6) is -0.590. The molecule has 3 aromatic rings. The van der Waals surface area contributed by atoms with Crippen LogP contribution < -0.4 is 5.73 Å². The van der Waals surface area contributed by atoms with Gasteiger partial charge in [0.25, 0.3) is 0 Å². The highest BCUT2D eigenvalue weighted by Crippen LogP contribution is 2.33. The molecule has 0 aliphatic heterocycles. The van der Waals surface area contributed by atoms with Crippen LogP contribution in [0.25, 0.3) is 11.1 Å². The number of pyridine rings is 1.